The fourth-order valence-electron chi connectivity index (χ4n) is 2.75. The van der Waals surface area contributed by atoms with Crippen LogP contribution in [0.15, 0.2) is 0 Å². The second-order valence-corrected chi connectivity index (χ2v) is 8.44. The quantitative estimate of drug-likeness (QED) is 0.772. The van der Waals surface area contributed by atoms with Crippen LogP contribution in [0.5, 0.6) is 0 Å². The summed E-state index contributed by atoms with van der Waals surface area (Å²) in [5.41, 5.74) is 0. The first kappa shape index (κ1) is 16.9. The molecular formula is C14H30N2O2S. The highest BCUT2D eigenvalue weighted by atomic mass is 32.2. The Morgan fingerprint density at radius 3 is 2.58 bits per heavy atom. The Bertz CT molecular complexity index is 354. The van der Waals surface area contributed by atoms with E-state index in [-0.39, 0.29) is 0 Å². The van der Waals surface area contributed by atoms with Gasteiger partial charge in [-0.15, -0.1) is 0 Å². The van der Waals surface area contributed by atoms with E-state index < -0.39 is 9.84 Å². The summed E-state index contributed by atoms with van der Waals surface area (Å²) in [6.45, 7) is 9.69. The molecule has 5 heteroatoms. The summed E-state index contributed by atoms with van der Waals surface area (Å²) in [5.74, 6) is 0.933. The number of sulfone groups is 1. The van der Waals surface area contributed by atoms with Gasteiger partial charge in [-0.1, -0.05) is 27.2 Å². The third-order valence-electron chi connectivity index (χ3n) is 3.95. The molecule has 1 rings (SSSR count). The Kier molecular flexibility index (Phi) is 6.77. The molecule has 1 fully saturated rings. The predicted molar refractivity (Wildman–Crippen MR) is 81.2 cm³/mol. The Morgan fingerprint density at radius 1 is 1.37 bits per heavy atom. The number of nitrogens with one attached hydrogen (secondary N) is 1. The molecule has 0 amide bonds. The Morgan fingerprint density at radius 2 is 2.05 bits per heavy atom. The maximum atomic E-state index is 11.2. The van der Waals surface area contributed by atoms with E-state index in [9.17, 15) is 8.42 Å². The van der Waals surface area contributed by atoms with Gasteiger partial charge < -0.3 is 5.32 Å². The van der Waals surface area contributed by atoms with Crippen molar-refractivity contribution in [2.75, 3.05) is 31.6 Å². The third kappa shape index (κ3) is 6.23. The molecule has 0 aromatic heterocycles. The van der Waals surface area contributed by atoms with Gasteiger partial charge in [0, 0.05) is 31.4 Å². The lowest BCUT2D eigenvalue weighted by atomic mass is 9.97. The SMILES string of the molecule is CCCC1CNC(C(C)C)CN1CCCS(C)(=O)=O. The van der Waals surface area contributed by atoms with Gasteiger partial charge in [0.1, 0.15) is 9.84 Å². The molecular weight excluding hydrogens is 260 g/mol. The van der Waals surface area contributed by atoms with Crippen molar-refractivity contribution in [1.82, 2.24) is 10.2 Å². The zero-order chi connectivity index (χ0) is 14.5. The molecule has 1 aliphatic rings. The number of hydrogen-bond donors (Lipinski definition) is 1. The van der Waals surface area contributed by atoms with E-state index in [0.717, 1.165) is 26.1 Å². The molecule has 114 valence electrons. The molecule has 1 heterocycles. The molecule has 2 atom stereocenters. The smallest absolute Gasteiger partial charge is 0.147 e. The number of nitrogens with zero attached hydrogens (tertiary/aromatic N) is 1. The highest BCUT2D eigenvalue weighted by Crippen LogP contribution is 2.16. The molecule has 0 radical (unpaired) electrons. The maximum absolute atomic E-state index is 11.2. The van der Waals surface area contributed by atoms with E-state index in [1.165, 1.54) is 19.1 Å². The van der Waals surface area contributed by atoms with Crippen molar-refractivity contribution < 1.29 is 8.42 Å². The highest BCUT2D eigenvalue weighted by Gasteiger charge is 2.28. The standard InChI is InChI=1S/C14H30N2O2S/c1-5-7-13-10-15-14(12(2)3)11-16(13)8-6-9-19(4,17)18/h12-15H,5-11H2,1-4H3. The summed E-state index contributed by atoms with van der Waals surface area (Å²) in [7, 11) is -2.83. The lowest BCUT2D eigenvalue weighted by Gasteiger charge is -2.42. The zero-order valence-electron chi connectivity index (χ0n) is 12.9. The fourth-order valence-corrected chi connectivity index (χ4v) is 3.40. The average Bonchev–Trinajstić information content (AvgIpc) is 2.29. The van der Waals surface area contributed by atoms with Crippen molar-refractivity contribution in [1.29, 1.82) is 0 Å². The van der Waals surface area contributed by atoms with Gasteiger partial charge in [0.25, 0.3) is 0 Å². The van der Waals surface area contributed by atoms with Gasteiger partial charge in [-0.3, -0.25) is 4.90 Å². The Balaban J connectivity index is 2.51. The van der Waals surface area contributed by atoms with Crippen LogP contribution in [0.1, 0.15) is 40.0 Å². The first-order chi connectivity index (χ1) is 8.83. The molecule has 0 aliphatic carbocycles. The summed E-state index contributed by atoms with van der Waals surface area (Å²) in [6.07, 6.45) is 4.45. The van der Waals surface area contributed by atoms with E-state index in [1.54, 1.807) is 0 Å². The summed E-state index contributed by atoms with van der Waals surface area (Å²) >= 11 is 0. The molecule has 1 N–H and O–H groups in total. The normalized spacial score (nSPS) is 25.9. The predicted octanol–water partition coefficient (Wildman–Crippen LogP) is 1.52. The Labute approximate surface area is 118 Å². The van der Waals surface area contributed by atoms with Gasteiger partial charge in [0.05, 0.1) is 5.75 Å². The largest absolute Gasteiger partial charge is 0.311 e. The lowest BCUT2D eigenvalue weighted by molar-refractivity contribution is 0.107. The summed E-state index contributed by atoms with van der Waals surface area (Å²) in [4.78, 5) is 2.50. The number of rotatable bonds is 7. The van der Waals surface area contributed by atoms with Crippen LogP contribution in [0.3, 0.4) is 0 Å². The molecule has 19 heavy (non-hydrogen) atoms. The molecule has 1 aliphatic heterocycles. The van der Waals surface area contributed by atoms with Crippen LogP contribution in [0, 0.1) is 5.92 Å². The van der Waals surface area contributed by atoms with Crippen LogP contribution < -0.4 is 5.32 Å². The first-order valence-electron chi connectivity index (χ1n) is 7.48. The monoisotopic (exact) mass is 290 g/mol. The van der Waals surface area contributed by atoms with Crippen LogP contribution in [-0.4, -0.2) is 57.0 Å². The van der Waals surface area contributed by atoms with Gasteiger partial charge in [-0.25, -0.2) is 8.42 Å². The minimum absolute atomic E-state index is 0.308. The number of piperazine rings is 1. The van der Waals surface area contributed by atoms with Crippen LogP contribution >= 0.6 is 0 Å². The van der Waals surface area contributed by atoms with Crippen LogP contribution in [0.4, 0.5) is 0 Å². The second-order valence-electron chi connectivity index (χ2n) is 6.18. The van der Waals surface area contributed by atoms with E-state index in [0.29, 0.717) is 23.8 Å². The molecule has 1 saturated heterocycles. The van der Waals surface area contributed by atoms with Gasteiger partial charge in [0.2, 0.25) is 0 Å². The molecule has 0 spiro atoms. The summed E-state index contributed by atoms with van der Waals surface area (Å²) in [5, 5.41) is 3.63. The first-order valence-corrected chi connectivity index (χ1v) is 9.54. The van der Waals surface area contributed by atoms with Crippen molar-refractivity contribution in [2.45, 2.75) is 52.1 Å². The fraction of sp³-hybridized carbons (Fsp3) is 1.00. The van der Waals surface area contributed by atoms with E-state index in [2.05, 4.69) is 31.0 Å². The average molecular weight is 290 g/mol. The van der Waals surface area contributed by atoms with Crippen LogP contribution in [0.25, 0.3) is 0 Å². The van der Waals surface area contributed by atoms with Gasteiger partial charge in [0.15, 0.2) is 0 Å². The van der Waals surface area contributed by atoms with Crippen molar-refractivity contribution in [3.05, 3.63) is 0 Å². The highest BCUT2D eigenvalue weighted by molar-refractivity contribution is 7.90. The van der Waals surface area contributed by atoms with Gasteiger partial charge >= 0.3 is 0 Å². The van der Waals surface area contributed by atoms with Gasteiger partial charge in [-0.2, -0.15) is 0 Å². The van der Waals surface area contributed by atoms with Gasteiger partial charge in [-0.05, 0) is 25.3 Å². The topological polar surface area (TPSA) is 49.4 Å². The molecule has 2 unspecified atom stereocenters. The summed E-state index contributed by atoms with van der Waals surface area (Å²) in [6, 6.07) is 1.10. The third-order valence-corrected chi connectivity index (χ3v) is 4.98. The molecule has 0 aromatic carbocycles. The van der Waals surface area contributed by atoms with Crippen LogP contribution in [0.2, 0.25) is 0 Å². The molecule has 0 saturated carbocycles. The van der Waals surface area contributed by atoms with E-state index in [4.69, 9.17) is 0 Å². The minimum Gasteiger partial charge on any atom is -0.311 e. The maximum Gasteiger partial charge on any atom is 0.147 e. The second kappa shape index (κ2) is 7.60. The lowest BCUT2D eigenvalue weighted by Crippen LogP contribution is -2.58. The van der Waals surface area contributed by atoms with Crippen molar-refractivity contribution >= 4 is 9.84 Å². The van der Waals surface area contributed by atoms with E-state index in [1.807, 2.05) is 0 Å². The van der Waals surface area contributed by atoms with E-state index >= 15 is 0 Å². The minimum atomic E-state index is -2.83. The molecule has 0 aromatic rings. The van der Waals surface area contributed by atoms with Crippen molar-refractivity contribution in [3.63, 3.8) is 0 Å². The Hall–Kier alpha value is -0.130. The summed E-state index contributed by atoms with van der Waals surface area (Å²) < 4.78 is 22.4. The van der Waals surface area contributed by atoms with Crippen molar-refractivity contribution in [3.8, 4) is 0 Å². The van der Waals surface area contributed by atoms with Crippen LogP contribution in [-0.2, 0) is 9.84 Å². The molecule has 4 nitrogen and oxygen atoms in total. The van der Waals surface area contributed by atoms with Crippen molar-refractivity contribution in [2.24, 2.45) is 5.92 Å². The number of hydrogen-bond acceptors (Lipinski definition) is 4. The molecule has 0 bridgehead atoms. The zero-order valence-corrected chi connectivity index (χ0v) is 13.7.